The van der Waals surface area contributed by atoms with Gasteiger partial charge in [-0.05, 0) is 30.0 Å². The molecule has 0 saturated heterocycles. The predicted molar refractivity (Wildman–Crippen MR) is 140 cm³/mol. The van der Waals surface area contributed by atoms with Crippen molar-refractivity contribution in [2.45, 2.75) is 38.9 Å². The quantitative estimate of drug-likeness (QED) is 0.290. The van der Waals surface area contributed by atoms with Crippen LogP contribution in [-0.4, -0.2) is 41.4 Å². The van der Waals surface area contributed by atoms with Crippen LogP contribution in [0.3, 0.4) is 0 Å². The molecular weight excluding hydrogens is 446 g/mol. The lowest BCUT2D eigenvalue weighted by molar-refractivity contribution is 0.234. The Bertz CT molecular complexity index is 1270. The van der Waals surface area contributed by atoms with Gasteiger partial charge in [0, 0.05) is 12.5 Å². The summed E-state index contributed by atoms with van der Waals surface area (Å²) in [6.07, 6.45) is 4.41. The highest BCUT2D eigenvalue weighted by atomic mass is 15.3. The molecule has 0 aliphatic heterocycles. The average Bonchev–Trinajstić information content (AvgIpc) is 3.59. The number of aryl methyl sites for hydroxylation is 1. The fourth-order valence-electron chi connectivity index (χ4n) is 4.57. The third-order valence-electron chi connectivity index (χ3n) is 6.51. The Hall–Kier alpha value is -4.10. The SMILES string of the molecule is Cc1ccc(Cn2cnnc2CN(CCC(c2ccccc2)c2ccccc2)Cc2nnc[nH]2)cc1. The van der Waals surface area contributed by atoms with Gasteiger partial charge in [-0.3, -0.25) is 4.90 Å². The van der Waals surface area contributed by atoms with Crippen LogP contribution in [0.1, 0.15) is 46.2 Å². The number of H-pyrrole nitrogens is 1. The van der Waals surface area contributed by atoms with Gasteiger partial charge in [0.25, 0.3) is 0 Å². The molecule has 2 heterocycles. The Kier molecular flexibility index (Phi) is 7.58. The number of nitrogens with zero attached hydrogens (tertiary/aromatic N) is 6. The summed E-state index contributed by atoms with van der Waals surface area (Å²) in [4.78, 5) is 5.52. The van der Waals surface area contributed by atoms with Crippen molar-refractivity contribution >= 4 is 0 Å². The Morgan fingerprint density at radius 2 is 1.50 bits per heavy atom. The van der Waals surface area contributed by atoms with Crippen molar-refractivity contribution in [3.05, 3.63) is 131 Å². The minimum absolute atomic E-state index is 0.301. The van der Waals surface area contributed by atoms with Crippen molar-refractivity contribution in [3.63, 3.8) is 0 Å². The van der Waals surface area contributed by atoms with Crippen molar-refractivity contribution in [2.24, 2.45) is 0 Å². The maximum absolute atomic E-state index is 4.47. The van der Waals surface area contributed by atoms with Gasteiger partial charge >= 0.3 is 0 Å². The van der Waals surface area contributed by atoms with Crippen molar-refractivity contribution in [3.8, 4) is 0 Å². The topological polar surface area (TPSA) is 75.5 Å². The first kappa shape index (κ1) is 23.6. The Balaban J connectivity index is 1.35. The van der Waals surface area contributed by atoms with E-state index in [2.05, 4.69) is 127 Å². The standard InChI is InChI=1S/C29H31N7/c1-23-12-14-24(15-13-23)18-36-22-32-34-29(36)20-35(19-28-30-21-31-33-28)17-16-27(25-8-4-2-5-9-25)26-10-6-3-7-11-26/h2-15,21-22,27H,16-20H2,1H3,(H,30,31,33). The lowest BCUT2D eigenvalue weighted by Gasteiger charge is -2.25. The van der Waals surface area contributed by atoms with E-state index >= 15 is 0 Å². The molecule has 0 radical (unpaired) electrons. The van der Waals surface area contributed by atoms with E-state index in [1.807, 2.05) is 6.33 Å². The van der Waals surface area contributed by atoms with E-state index in [4.69, 9.17) is 0 Å². The molecule has 3 aromatic carbocycles. The summed E-state index contributed by atoms with van der Waals surface area (Å²) in [5, 5.41) is 16.9. The van der Waals surface area contributed by atoms with Crippen LogP contribution in [0.15, 0.2) is 97.6 Å². The Morgan fingerprint density at radius 1 is 0.806 bits per heavy atom. The average molecular weight is 478 g/mol. The van der Waals surface area contributed by atoms with Crippen LogP contribution in [0.25, 0.3) is 0 Å². The van der Waals surface area contributed by atoms with E-state index in [1.165, 1.54) is 22.3 Å². The molecule has 0 atom stereocenters. The lowest BCUT2D eigenvalue weighted by atomic mass is 9.88. The monoisotopic (exact) mass is 477 g/mol. The summed E-state index contributed by atoms with van der Waals surface area (Å²) in [5.41, 5.74) is 5.14. The molecule has 36 heavy (non-hydrogen) atoms. The summed E-state index contributed by atoms with van der Waals surface area (Å²) < 4.78 is 2.13. The van der Waals surface area contributed by atoms with E-state index < -0.39 is 0 Å². The molecule has 5 rings (SSSR count). The first-order valence-corrected chi connectivity index (χ1v) is 12.3. The number of benzene rings is 3. The molecule has 2 aromatic heterocycles. The van der Waals surface area contributed by atoms with E-state index in [0.29, 0.717) is 19.0 Å². The first-order chi connectivity index (χ1) is 17.7. The van der Waals surface area contributed by atoms with Crippen LogP contribution < -0.4 is 0 Å². The smallest absolute Gasteiger partial charge is 0.147 e. The van der Waals surface area contributed by atoms with E-state index in [1.54, 1.807) is 6.33 Å². The van der Waals surface area contributed by atoms with Crippen LogP contribution in [0.5, 0.6) is 0 Å². The van der Waals surface area contributed by atoms with Gasteiger partial charge in [0.1, 0.15) is 24.3 Å². The van der Waals surface area contributed by atoms with Crippen molar-refractivity contribution in [2.75, 3.05) is 6.54 Å². The molecule has 5 aromatic rings. The molecule has 0 unspecified atom stereocenters. The normalized spacial score (nSPS) is 11.4. The molecule has 7 heteroatoms. The molecule has 1 N–H and O–H groups in total. The summed E-state index contributed by atoms with van der Waals surface area (Å²) in [6.45, 7) is 5.05. The van der Waals surface area contributed by atoms with Crippen molar-refractivity contribution in [1.29, 1.82) is 0 Å². The van der Waals surface area contributed by atoms with E-state index in [-0.39, 0.29) is 0 Å². The number of nitrogens with one attached hydrogen (secondary N) is 1. The second-order valence-corrected chi connectivity index (χ2v) is 9.17. The maximum Gasteiger partial charge on any atom is 0.147 e. The fourth-order valence-corrected chi connectivity index (χ4v) is 4.57. The lowest BCUT2D eigenvalue weighted by Crippen LogP contribution is -2.28. The Morgan fingerprint density at radius 3 is 2.14 bits per heavy atom. The minimum Gasteiger partial charge on any atom is -0.330 e. The first-order valence-electron chi connectivity index (χ1n) is 12.3. The van der Waals surface area contributed by atoms with Crippen LogP contribution >= 0.6 is 0 Å². The van der Waals surface area contributed by atoms with Gasteiger partial charge in [0.05, 0.1) is 19.6 Å². The van der Waals surface area contributed by atoms with Gasteiger partial charge in [-0.15, -0.1) is 20.4 Å². The molecule has 7 nitrogen and oxygen atoms in total. The zero-order valence-electron chi connectivity index (χ0n) is 20.5. The van der Waals surface area contributed by atoms with Crippen LogP contribution in [-0.2, 0) is 19.6 Å². The van der Waals surface area contributed by atoms with Gasteiger partial charge in [-0.1, -0.05) is 90.5 Å². The van der Waals surface area contributed by atoms with Gasteiger partial charge in [-0.25, -0.2) is 0 Å². The number of hydrogen-bond acceptors (Lipinski definition) is 5. The molecule has 0 fully saturated rings. The third kappa shape index (κ3) is 6.12. The van der Waals surface area contributed by atoms with Crippen LogP contribution in [0, 0.1) is 6.92 Å². The molecule has 0 saturated carbocycles. The predicted octanol–water partition coefficient (Wildman–Crippen LogP) is 4.98. The van der Waals surface area contributed by atoms with E-state index in [0.717, 1.165) is 31.2 Å². The van der Waals surface area contributed by atoms with Gasteiger partial charge < -0.3 is 9.55 Å². The molecule has 0 aliphatic rings. The van der Waals surface area contributed by atoms with Gasteiger partial charge in [0.15, 0.2) is 0 Å². The zero-order chi connectivity index (χ0) is 24.6. The van der Waals surface area contributed by atoms with Gasteiger partial charge in [-0.2, -0.15) is 0 Å². The summed E-state index contributed by atoms with van der Waals surface area (Å²) >= 11 is 0. The minimum atomic E-state index is 0.301. The molecular formula is C29H31N7. The highest BCUT2D eigenvalue weighted by Crippen LogP contribution is 2.28. The molecule has 0 aliphatic carbocycles. The number of rotatable bonds is 11. The van der Waals surface area contributed by atoms with E-state index in [9.17, 15) is 0 Å². The van der Waals surface area contributed by atoms with Crippen molar-refractivity contribution < 1.29 is 0 Å². The second-order valence-electron chi connectivity index (χ2n) is 9.17. The summed E-state index contributed by atoms with van der Waals surface area (Å²) in [5.74, 6) is 2.08. The van der Waals surface area contributed by atoms with Gasteiger partial charge in [0.2, 0.25) is 0 Å². The Labute approximate surface area is 211 Å². The van der Waals surface area contributed by atoms with Crippen molar-refractivity contribution in [1.82, 2.24) is 34.8 Å². The molecule has 0 amide bonds. The highest BCUT2D eigenvalue weighted by Gasteiger charge is 2.19. The fraction of sp³-hybridized carbons (Fsp3) is 0.241. The number of hydrogen-bond donors (Lipinski definition) is 1. The maximum atomic E-state index is 4.47. The summed E-state index contributed by atoms with van der Waals surface area (Å²) in [7, 11) is 0. The van der Waals surface area contributed by atoms with Crippen LogP contribution in [0.2, 0.25) is 0 Å². The second kappa shape index (κ2) is 11.6. The summed E-state index contributed by atoms with van der Waals surface area (Å²) in [6, 6.07) is 30.1. The number of aromatic nitrogens is 6. The molecule has 0 bridgehead atoms. The largest absolute Gasteiger partial charge is 0.330 e. The zero-order valence-corrected chi connectivity index (χ0v) is 20.5. The highest BCUT2D eigenvalue weighted by molar-refractivity contribution is 5.32. The number of aromatic amines is 1. The van der Waals surface area contributed by atoms with Crippen LogP contribution in [0.4, 0.5) is 0 Å². The molecule has 182 valence electrons. The molecule has 0 spiro atoms. The third-order valence-corrected chi connectivity index (χ3v) is 6.51.